The molecule has 7 heteroatoms. The topological polar surface area (TPSA) is 76.3 Å². The van der Waals surface area contributed by atoms with Gasteiger partial charge < -0.3 is 4.52 Å². The van der Waals surface area contributed by atoms with E-state index in [4.69, 9.17) is 4.52 Å². The maximum Gasteiger partial charge on any atom is 0.249 e. The number of pyridine rings is 1. The average molecular weight is 307 g/mol. The lowest BCUT2D eigenvalue weighted by atomic mass is 10.3. The van der Waals surface area contributed by atoms with Crippen LogP contribution >= 0.6 is 0 Å². The average Bonchev–Trinajstić information content (AvgIpc) is 3.22. The second kappa shape index (κ2) is 5.23. The van der Waals surface area contributed by atoms with Crippen molar-refractivity contribution < 1.29 is 12.9 Å². The van der Waals surface area contributed by atoms with Gasteiger partial charge in [-0.1, -0.05) is 11.2 Å². The molecule has 6 nitrogen and oxygen atoms in total. The molecule has 1 aliphatic carbocycles. The number of sulfonamides is 1. The fourth-order valence-corrected chi connectivity index (χ4v) is 4.37. The van der Waals surface area contributed by atoms with Crippen LogP contribution in [-0.4, -0.2) is 28.9 Å². The summed E-state index contributed by atoms with van der Waals surface area (Å²) >= 11 is 0. The predicted octanol–water partition coefficient (Wildman–Crippen LogP) is 2.04. The monoisotopic (exact) mass is 307 g/mol. The smallest absolute Gasteiger partial charge is 0.249 e. The van der Waals surface area contributed by atoms with Gasteiger partial charge in [0, 0.05) is 25.0 Å². The summed E-state index contributed by atoms with van der Waals surface area (Å²) in [6.07, 6.45) is 5.15. The van der Waals surface area contributed by atoms with Crippen molar-refractivity contribution in [2.24, 2.45) is 0 Å². The Morgan fingerprint density at radius 3 is 2.67 bits per heavy atom. The molecule has 0 spiro atoms. The van der Waals surface area contributed by atoms with E-state index in [0.29, 0.717) is 18.0 Å². The van der Waals surface area contributed by atoms with E-state index in [-0.39, 0.29) is 10.9 Å². The van der Waals surface area contributed by atoms with Crippen molar-refractivity contribution in [3.8, 4) is 0 Å². The van der Waals surface area contributed by atoms with Crippen molar-refractivity contribution >= 4 is 10.0 Å². The molecule has 0 bridgehead atoms. The summed E-state index contributed by atoms with van der Waals surface area (Å²) in [6, 6.07) is 3.75. The van der Waals surface area contributed by atoms with Gasteiger partial charge in [-0.25, -0.2) is 8.42 Å². The van der Waals surface area contributed by atoms with E-state index in [0.717, 1.165) is 18.4 Å². The normalized spacial score (nSPS) is 15.6. The van der Waals surface area contributed by atoms with Crippen molar-refractivity contribution in [3.63, 3.8) is 0 Å². The highest BCUT2D eigenvalue weighted by molar-refractivity contribution is 7.89. The van der Waals surface area contributed by atoms with E-state index in [9.17, 15) is 8.42 Å². The molecule has 2 aromatic heterocycles. The molecule has 0 aromatic carbocycles. The largest absolute Gasteiger partial charge is 0.360 e. The second-order valence-corrected chi connectivity index (χ2v) is 7.12. The van der Waals surface area contributed by atoms with E-state index in [1.807, 2.05) is 12.1 Å². The van der Waals surface area contributed by atoms with E-state index in [1.54, 1.807) is 26.2 Å². The van der Waals surface area contributed by atoms with E-state index < -0.39 is 10.0 Å². The lowest BCUT2D eigenvalue weighted by molar-refractivity contribution is 0.384. The molecule has 112 valence electrons. The molecule has 0 radical (unpaired) electrons. The van der Waals surface area contributed by atoms with Gasteiger partial charge in [0.25, 0.3) is 0 Å². The van der Waals surface area contributed by atoms with Gasteiger partial charge >= 0.3 is 0 Å². The third kappa shape index (κ3) is 2.71. The fourth-order valence-electron chi connectivity index (χ4n) is 2.40. The van der Waals surface area contributed by atoms with E-state index >= 15 is 0 Å². The molecule has 0 N–H and O–H groups in total. The van der Waals surface area contributed by atoms with Crippen molar-refractivity contribution in [3.05, 3.63) is 41.5 Å². The number of hydrogen-bond acceptors (Lipinski definition) is 5. The zero-order valence-corrected chi connectivity index (χ0v) is 12.8. The first-order valence-electron chi connectivity index (χ1n) is 6.84. The molecule has 3 rings (SSSR count). The van der Waals surface area contributed by atoms with Crippen LogP contribution in [0.1, 0.15) is 29.9 Å². The highest BCUT2D eigenvalue weighted by Gasteiger charge is 2.40. The Bertz CT molecular complexity index is 717. The molecule has 2 aromatic rings. The maximum atomic E-state index is 12.9. The molecular weight excluding hydrogens is 290 g/mol. The van der Waals surface area contributed by atoms with Gasteiger partial charge in [0.15, 0.2) is 5.76 Å². The number of nitrogens with zero attached hydrogens (tertiary/aromatic N) is 3. The molecular formula is C14H17N3O3S. The summed E-state index contributed by atoms with van der Waals surface area (Å²) in [5.41, 5.74) is 1.28. The van der Waals surface area contributed by atoms with Gasteiger partial charge in [-0.15, -0.1) is 0 Å². The van der Waals surface area contributed by atoms with Crippen molar-refractivity contribution in [1.29, 1.82) is 0 Å². The summed E-state index contributed by atoms with van der Waals surface area (Å²) in [6.45, 7) is 3.60. The van der Waals surface area contributed by atoms with Crippen molar-refractivity contribution in [2.75, 3.05) is 0 Å². The first kappa shape index (κ1) is 14.2. The summed E-state index contributed by atoms with van der Waals surface area (Å²) in [4.78, 5) is 4.24. The first-order valence-corrected chi connectivity index (χ1v) is 8.28. The second-order valence-electron chi connectivity index (χ2n) is 5.30. The molecule has 0 amide bonds. The van der Waals surface area contributed by atoms with Gasteiger partial charge in [0.1, 0.15) is 10.6 Å². The summed E-state index contributed by atoms with van der Waals surface area (Å²) < 4.78 is 32.4. The summed E-state index contributed by atoms with van der Waals surface area (Å²) in [7, 11) is -3.60. The van der Waals surface area contributed by atoms with Crippen molar-refractivity contribution in [2.45, 2.75) is 44.2 Å². The molecule has 21 heavy (non-hydrogen) atoms. The standard InChI is InChI=1S/C14H17N3O3S/c1-10-14(11(2)20-16-10)21(18,19)17(13-5-6-13)9-12-4-3-7-15-8-12/h3-4,7-8,13H,5-6,9H2,1-2H3. The Kier molecular flexibility index (Phi) is 3.54. The van der Waals surface area contributed by atoms with Crippen LogP contribution in [0.4, 0.5) is 0 Å². The number of aryl methyl sites for hydroxylation is 2. The van der Waals surface area contributed by atoms with Crippen LogP contribution in [0.2, 0.25) is 0 Å². The minimum Gasteiger partial charge on any atom is -0.360 e. The SMILES string of the molecule is Cc1noc(C)c1S(=O)(=O)N(Cc1cccnc1)C1CC1. The zero-order valence-electron chi connectivity index (χ0n) is 12.0. The highest BCUT2D eigenvalue weighted by Crippen LogP contribution is 2.35. The lowest BCUT2D eigenvalue weighted by Crippen LogP contribution is -2.33. The van der Waals surface area contributed by atoms with Crippen LogP contribution in [0.3, 0.4) is 0 Å². The van der Waals surface area contributed by atoms with Gasteiger partial charge in [0.2, 0.25) is 10.0 Å². The minimum absolute atomic E-state index is 0.0592. The third-order valence-electron chi connectivity index (χ3n) is 3.55. The Labute approximate surface area is 123 Å². The molecule has 0 unspecified atom stereocenters. The van der Waals surface area contributed by atoms with Gasteiger partial charge in [-0.2, -0.15) is 4.31 Å². The molecule has 1 saturated carbocycles. The molecule has 0 atom stereocenters. The molecule has 0 aliphatic heterocycles. The Morgan fingerprint density at radius 2 is 2.14 bits per heavy atom. The molecule has 2 heterocycles. The van der Waals surface area contributed by atoms with Crippen LogP contribution < -0.4 is 0 Å². The van der Waals surface area contributed by atoms with Crippen LogP contribution in [0.25, 0.3) is 0 Å². The molecule has 1 fully saturated rings. The first-order chi connectivity index (χ1) is 10.00. The van der Waals surface area contributed by atoms with Gasteiger partial charge in [-0.3, -0.25) is 4.98 Å². The molecule has 1 aliphatic rings. The summed E-state index contributed by atoms with van der Waals surface area (Å²) in [5.74, 6) is 0.337. The predicted molar refractivity (Wildman–Crippen MR) is 76.0 cm³/mol. The van der Waals surface area contributed by atoms with Crippen LogP contribution in [-0.2, 0) is 16.6 Å². The van der Waals surface area contributed by atoms with Gasteiger partial charge in [-0.05, 0) is 38.3 Å². The Hall–Kier alpha value is -1.73. The van der Waals surface area contributed by atoms with E-state index in [2.05, 4.69) is 10.1 Å². The van der Waals surface area contributed by atoms with Gasteiger partial charge in [0.05, 0.1) is 0 Å². The number of hydrogen-bond donors (Lipinski definition) is 0. The van der Waals surface area contributed by atoms with E-state index in [1.165, 1.54) is 4.31 Å². The van der Waals surface area contributed by atoms with Crippen LogP contribution in [0.5, 0.6) is 0 Å². The zero-order chi connectivity index (χ0) is 15.0. The lowest BCUT2D eigenvalue weighted by Gasteiger charge is -2.21. The minimum atomic E-state index is -3.60. The summed E-state index contributed by atoms with van der Waals surface area (Å²) in [5, 5.41) is 3.76. The van der Waals surface area contributed by atoms with Crippen LogP contribution in [0.15, 0.2) is 33.9 Å². The van der Waals surface area contributed by atoms with Crippen LogP contribution in [0, 0.1) is 13.8 Å². The maximum absolute atomic E-state index is 12.9. The number of rotatable bonds is 5. The van der Waals surface area contributed by atoms with Crippen molar-refractivity contribution in [1.82, 2.24) is 14.4 Å². The molecule has 0 saturated heterocycles. The quantitative estimate of drug-likeness (QED) is 0.845. The highest BCUT2D eigenvalue weighted by atomic mass is 32.2. The third-order valence-corrected chi connectivity index (χ3v) is 5.69. The Balaban J connectivity index is 1.97. The Morgan fingerprint density at radius 1 is 1.38 bits per heavy atom. The number of aromatic nitrogens is 2. The fraction of sp³-hybridized carbons (Fsp3) is 0.429.